The highest BCUT2D eigenvalue weighted by atomic mass is 79.9. The lowest BCUT2D eigenvalue weighted by atomic mass is 10.0. The molecule has 0 unspecified atom stereocenters. The molecule has 1 aliphatic rings. The van der Waals surface area contributed by atoms with Crippen LogP contribution in [0.3, 0.4) is 0 Å². The second-order valence-corrected chi connectivity index (χ2v) is 8.86. The fourth-order valence-electron chi connectivity index (χ4n) is 3.89. The van der Waals surface area contributed by atoms with Crippen molar-refractivity contribution in [1.82, 2.24) is 4.90 Å². The van der Waals surface area contributed by atoms with Gasteiger partial charge < -0.3 is 10.5 Å². The maximum atomic E-state index is 12.5. The molecule has 1 saturated carbocycles. The highest BCUT2D eigenvalue weighted by Crippen LogP contribution is 2.29. The molecule has 4 nitrogen and oxygen atoms in total. The van der Waals surface area contributed by atoms with E-state index >= 15 is 0 Å². The largest absolute Gasteiger partial charge is 0.462 e. The van der Waals surface area contributed by atoms with Gasteiger partial charge in [0.2, 0.25) is 0 Å². The standard InChI is InChI=1S/C22H34BrClN2O2/c1-2-26(19-10-6-3-4-7-11-19)16-18-14-17(15-20(23)21(18)25)22(27)28-13-9-5-8-12-24/h14-15,19H,2-13,16,25H2,1H3. The first-order valence-electron chi connectivity index (χ1n) is 10.6. The highest BCUT2D eigenvalue weighted by Gasteiger charge is 2.21. The minimum absolute atomic E-state index is 0.287. The maximum Gasteiger partial charge on any atom is 0.338 e. The summed E-state index contributed by atoms with van der Waals surface area (Å²) in [5, 5.41) is 0. The number of nitrogens with two attached hydrogens (primary N) is 1. The number of anilines is 1. The predicted octanol–water partition coefficient (Wildman–Crippen LogP) is 6.14. The number of nitrogens with zero attached hydrogens (tertiary/aromatic N) is 1. The Morgan fingerprint density at radius 2 is 1.93 bits per heavy atom. The molecule has 28 heavy (non-hydrogen) atoms. The number of carbonyl (C=O) groups excluding carboxylic acids is 1. The quantitative estimate of drug-likeness (QED) is 0.146. The van der Waals surface area contributed by atoms with Crippen LogP contribution in [-0.4, -0.2) is 35.9 Å². The third-order valence-electron chi connectivity index (χ3n) is 5.58. The fourth-order valence-corrected chi connectivity index (χ4v) is 4.58. The second kappa shape index (κ2) is 12.7. The van der Waals surface area contributed by atoms with Crippen LogP contribution >= 0.6 is 27.5 Å². The van der Waals surface area contributed by atoms with Gasteiger partial charge in [0.15, 0.2) is 0 Å². The molecule has 0 amide bonds. The SMILES string of the molecule is CCN(Cc1cc(C(=O)OCCCCCCl)cc(Br)c1N)C1CCCCCC1. The summed E-state index contributed by atoms with van der Waals surface area (Å²) in [5.41, 5.74) is 8.60. The van der Waals surface area contributed by atoms with Gasteiger partial charge in [0, 0.05) is 22.9 Å². The Morgan fingerprint density at radius 1 is 1.21 bits per heavy atom. The number of ether oxygens (including phenoxy) is 1. The lowest BCUT2D eigenvalue weighted by Gasteiger charge is -2.30. The average Bonchev–Trinajstić information content (AvgIpc) is 2.98. The third kappa shape index (κ3) is 7.23. The van der Waals surface area contributed by atoms with Crippen molar-refractivity contribution in [2.45, 2.75) is 77.3 Å². The van der Waals surface area contributed by atoms with Crippen molar-refractivity contribution in [1.29, 1.82) is 0 Å². The molecule has 0 aliphatic heterocycles. The zero-order valence-electron chi connectivity index (χ0n) is 17.0. The molecule has 0 saturated heterocycles. The number of hydrogen-bond donors (Lipinski definition) is 1. The van der Waals surface area contributed by atoms with Crippen LogP contribution in [0, 0.1) is 0 Å². The maximum absolute atomic E-state index is 12.5. The van der Waals surface area contributed by atoms with Gasteiger partial charge in [0.25, 0.3) is 0 Å². The predicted molar refractivity (Wildman–Crippen MR) is 121 cm³/mol. The van der Waals surface area contributed by atoms with Crippen molar-refractivity contribution in [3.63, 3.8) is 0 Å². The number of carbonyl (C=O) groups is 1. The third-order valence-corrected chi connectivity index (χ3v) is 6.51. The lowest BCUT2D eigenvalue weighted by Crippen LogP contribution is -2.34. The number of rotatable bonds is 10. The van der Waals surface area contributed by atoms with Crippen molar-refractivity contribution in [3.05, 3.63) is 27.7 Å². The molecule has 6 heteroatoms. The molecule has 1 aromatic carbocycles. The van der Waals surface area contributed by atoms with Crippen LogP contribution in [0.25, 0.3) is 0 Å². The minimum atomic E-state index is -0.287. The van der Waals surface area contributed by atoms with Gasteiger partial charge in [-0.25, -0.2) is 4.79 Å². The van der Waals surface area contributed by atoms with Crippen LogP contribution in [-0.2, 0) is 11.3 Å². The van der Waals surface area contributed by atoms with E-state index in [9.17, 15) is 4.79 Å². The number of esters is 1. The second-order valence-electron chi connectivity index (χ2n) is 7.62. The van der Waals surface area contributed by atoms with Crippen molar-refractivity contribution >= 4 is 39.2 Å². The van der Waals surface area contributed by atoms with Crippen LogP contribution < -0.4 is 5.73 Å². The Kier molecular flexibility index (Phi) is 10.7. The Bertz CT molecular complexity index is 619. The van der Waals surface area contributed by atoms with E-state index in [0.29, 0.717) is 29.8 Å². The molecule has 2 N–H and O–H groups in total. The molecular formula is C22H34BrClN2O2. The molecule has 0 atom stereocenters. The molecule has 0 bridgehead atoms. The van der Waals surface area contributed by atoms with E-state index in [1.165, 1.54) is 38.5 Å². The molecule has 1 fully saturated rings. The van der Waals surface area contributed by atoms with Gasteiger partial charge in [0.1, 0.15) is 0 Å². The van der Waals surface area contributed by atoms with Gasteiger partial charge in [-0.05, 0) is 72.3 Å². The van der Waals surface area contributed by atoms with Gasteiger partial charge in [-0.2, -0.15) is 0 Å². The number of unbranched alkanes of at least 4 members (excludes halogenated alkanes) is 2. The molecule has 1 aliphatic carbocycles. The van der Waals surface area contributed by atoms with Crippen LogP contribution in [0.4, 0.5) is 5.69 Å². The van der Waals surface area contributed by atoms with Crippen LogP contribution in [0.2, 0.25) is 0 Å². The number of alkyl halides is 1. The van der Waals surface area contributed by atoms with E-state index in [4.69, 9.17) is 22.1 Å². The summed E-state index contributed by atoms with van der Waals surface area (Å²) in [4.78, 5) is 15.0. The number of halogens is 2. The van der Waals surface area contributed by atoms with E-state index in [0.717, 1.165) is 42.4 Å². The monoisotopic (exact) mass is 472 g/mol. The molecule has 158 valence electrons. The zero-order chi connectivity index (χ0) is 20.4. The van der Waals surface area contributed by atoms with E-state index in [-0.39, 0.29) is 5.97 Å². The summed E-state index contributed by atoms with van der Waals surface area (Å²) < 4.78 is 6.19. The highest BCUT2D eigenvalue weighted by molar-refractivity contribution is 9.10. The van der Waals surface area contributed by atoms with Gasteiger partial charge in [-0.1, -0.05) is 32.6 Å². The van der Waals surface area contributed by atoms with Crippen LogP contribution in [0.5, 0.6) is 0 Å². The number of benzene rings is 1. The zero-order valence-corrected chi connectivity index (χ0v) is 19.4. The summed E-state index contributed by atoms with van der Waals surface area (Å²) in [6.07, 6.45) is 10.5. The normalized spacial score (nSPS) is 15.6. The summed E-state index contributed by atoms with van der Waals surface area (Å²) in [7, 11) is 0. The van der Waals surface area contributed by atoms with E-state index in [2.05, 4.69) is 27.8 Å². The Morgan fingerprint density at radius 3 is 2.57 bits per heavy atom. The van der Waals surface area contributed by atoms with Gasteiger partial charge >= 0.3 is 5.97 Å². The average molecular weight is 474 g/mol. The fraction of sp³-hybridized carbons (Fsp3) is 0.682. The van der Waals surface area contributed by atoms with E-state index < -0.39 is 0 Å². The van der Waals surface area contributed by atoms with Crippen LogP contribution in [0.1, 0.15) is 80.6 Å². The first kappa shape index (κ1) is 23.5. The molecule has 1 aromatic rings. The van der Waals surface area contributed by atoms with Crippen molar-refractivity contribution in [2.24, 2.45) is 0 Å². The number of nitrogen functional groups attached to an aromatic ring is 1. The van der Waals surface area contributed by atoms with Crippen molar-refractivity contribution in [2.75, 3.05) is 24.8 Å². The summed E-state index contributed by atoms with van der Waals surface area (Å²) in [5.74, 6) is 0.363. The summed E-state index contributed by atoms with van der Waals surface area (Å²) >= 11 is 9.20. The molecule has 0 radical (unpaired) electrons. The molecule has 2 rings (SSSR count). The Labute approximate surface area is 183 Å². The van der Waals surface area contributed by atoms with Crippen molar-refractivity contribution in [3.8, 4) is 0 Å². The number of hydrogen-bond acceptors (Lipinski definition) is 4. The van der Waals surface area contributed by atoms with Gasteiger partial charge in [0.05, 0.1) is 17.9 Å². The van der Waals surface area contributed by atoms with E-state index in [1.54, 1.807) is 6.07 Å². The molecule has 0 heterocycles. The topological polar surface area (TPSA) is 55.6 Å². The van der Waals surface area contributed by atoms with Crippen molar-refractivity contribution < 1.29 is 9.53 Å². The Balaban J connectivity index is 2.05. The van der Waals surface area contributed by atoms with Gasteiger partial charge in [-0.15, -0.1) is 11.6 Å². The summed E-state index contributed by atoms with van der Waals surface area (Å²) in [6.45, 7) is 4.38. The molecule has 0 aromatic heterocycles. The Hall–Kier alpha value is -0.780. The molecular weight excluding hydrogens is 440 g/mol. The lowest BCUT2D eigenvalue weighted by molar-refractivity contribution is 0.0498. The summed E-state index contributed by atoms with van der Waals surface area (Å²) in [6, 6.07) is 4.27. The van der Waals surface area contributed by atoms with Crippen LogP contribution in [0.15, 0.2) is 16.6 Å². The first-order chi connectivity index (χ1) is 13.6. The smallest absolute Gasteiger partial charge is 0.338 e. The van der Waals surface area contributed by atoms with Gasteiger partial charge in [-0.3, -0.25) is 4.90 Å². The van der Waals surface area contributed by atoms with E-state index in [1.807, 2.05) is 6.07 Å². The molecule has 0 spiro atoms. The minimum Gasteiger partial charge on any atom is -0.462 e. The first-order valence-corrected chi connectivity index (χ1v) is 11.9.